The molecule has 1 atom stereocenters. The van der Waals surface area contributed by atoms with E-state index in [1.807, 2.05) is 0 Å². The van der Waals surface area contributed by atoms with Crippen LogP contribution in [0.1, 0.15) is 19.3 Å². The third-order valence-corrected chi connectivity index (χ3v) is 4.17. The smallest absolute Gasteiger partial charge is 0.247 e. The molecule has 0 saturated carbocycles. The lowest BCUT2D eigenvalue weighted by atomic mass is 10.1. The minimum Gasteiger partial charge on any atom is -0.302 e. The minimum absolute atomic E-state index is 0.132. The lowest BCUT2D eigenvalue weighted by Crippen LogP contribution is -2.58. The van der Waals surface area contributed by atoms with Crippen LogP contribution in [0.15, 0.2) is 17.6 Å². The molecule has 0 unspecified atom stereocenters. The number of nitrogens with one attached hydrogen (secondary N) is 1. The van der Waals surface area contributed by atoms with E-state index in [-0.39, 0.29) is 17.6 Å². The topological polar surface area (TPSA) is 65.0 Å². The molecule has 0 aliphatic carbocycles. The highest BCUT2D eigenvalue weighted by atomic mass is 32.1. The van der Waals surface area contributed by atoms with Crippen LogP contribution in [0.3, 0.4) is 0 Å². The molecule has 0 radical (unpaired) electrons. The first-order chi connectivity index (χ1) is 10.6. The van der Waals surface area contributed by atoms with Gasteiger partial charge in [-0.3, -0.25) is 19.5 Å². The third kappa shape index (κ3) is 4.20. The summed E-state index contributed by atoms with van der Waals surface area (Å²) >= 11 is 4.99. The van der Waals surface area contributed by atoms with E-state index >= 15 is 0 Å². The van der Waals surface area contributed by atoms with Gasteiger partial charge in [-0.1, -0.05) is 12.5 Å². The predicted molar refractivity (Wildman–Crippen MR) is 89.8 cm³/mol. The molecule has 2 rings (SSSR count). The van der Waals surface area contributed by atoms with Gasteiger partial charge in [0, 0.05) is 19.3 Å². The molecule has 0 spiro atoms. The van der Waals surface area contributed by atoms with Crippen molar-refractivity contribution in [2.75, 3.05) is 32.7 Å². The molecule has 1 N–H and O–H groups in total. The van der Waals surface area contributed by atoms with Crippen molar-refractivity contribution < 1.29 is 9.59 Å². The van der Waals surface area contributed by atoms with Gasteiger partial charge in [-0.15, -0.1) is 6.58 Å². The maximum Gasteiger partial charge on any atom is 0.247 e. The zero-order valence-electron chi connectivity index (χ0n) is 12.7. The molecule has 0 aromatic carbocycles. The van der Waals surface area contributed by atoms with Crippen molar-refractivity contribution in [3.8, 4) is 0 Å². The van der Waals surface area contributed by atoms with E-state index in [2.05, 4.69) is 21.8 Å². The fourth-order valence-electron chi connectivity index (χ4n) is 2.63. The number of rotatable bonds is 6. The number of nitrogens with zero attached hydrogens (tertiary/aromatic N) is 3. The monoisotopic (exact) mass is 322 g/mol. The summed E-state index contributed by atoms with van der Waals surface area (Å²) in [5, 5.41) is 2.67. The summed E-state index contributed by atoms with van der Waals surface area (Å²) in [7, 11) is 0. The van der Waals surface area contributed by atoms with E-state index in [0.717, 1.165) is 19.6 Å². The Kier molecular flexibility index (Phi) is 6.21. The van der Waals surface area contributed by atoms with E-state index in [1.165, 1.54) is 30.4 Å². The van der Waals surface area contributed by atoms with Crippen LogP contribution in [-0.2, 0) is 9.59 Å². The van der Waals surface area contributed by atoms with Crippen molar-refractivity contribution in [1.29, 1.82) is 0 Å². The first kappa shape index (κ1) is 16.8. The molecular weight excluding hydrogens is 300 g/mol. The highest BCUT2D eigenvalue weighted by molar-refractivity contribution is 7.80. The average Bonchev–Trinajstić information content (AvgIpc) is 2.51. The molecule has 2 amide bonds. The van der Waals surface area contributed by atoms with Crippen molar-refractivity contribution >= 4 is 35.4 Å². The van der Waals surface area contributed by atoms with Crippen LogP contribution >= 0.6 is 12.2 Å². The molecule has 22 heavy (non-hydrogen) atoms. The fraction of sp³-hybridized carbons (Fsp3) is 0.600. The molecular formula is C15H22N4O2S. The highest BCUT2D eigenvalue weighted by Gasteiger charge is 2.36. The molecule has 2 aliphatic heterocycles. The van der Waals surface area contributed by atoms with Crippen LogP contribution < -0.4 is 5.32 Å². The van der Waals surface area contributed by atoms with E-state index in [1.54, 1.807) is 6.08 Å². The Morgan fingerprint density at radius 2 is 2.05 bits per heavy atom. The molecule has 2 aliphatic rings. The van der Waals surface area contributed by atoms with Crippen molar-refractivity contribution in [3.63, 3.8) is 0 Å². The van der Waals surface area contributed by atoms with Crippen LogP contribution in [0.4, 0.5) is 0 Å². The molecule has 0 aromatic rings. The number of hydrogen-bond acceptors (Lipinski definition) is 5. The molecule has 0 bridgehead atoms. The number of hydrogen-bond donors (Lipinski definition) is 1. The average molecular weight is 322 g/mol. The van der Waals surface area contributed by atoms with Gasteiger partial charge in [0.2, 0.25) is 11.8 Å². The Morgan fingerprint density at radius 3 is 2.73 bits per heavy atom. The van der Waals surface area contributed by atoms with Crippen LogP contribution in [0, 0.1) is 5.92 Å². The van der Waals surface area contributed by atoms with Crippen LogP contribution in [0.2, 0.25) is 0 Å². The fourth-order valence-corrected chi connectivity index (χ4v) is 2.89. The van der Waals surface area contributed by atoms with E-state index in [9.17, 15) is 9.59 Å². The normalized spacial score (nSPS) is 23.9. The third-order valence-electron chi connectivity index (χ3n) is 3.85. The van der Waals surface area contributed by atoms with Gasteiger partial charge in [0.1, 0.15) is 0 Å². The lowest BCUT2D eigenvalue weighted by Gasteiger charge is -2.30. The number of carbonyl (C=O) groups excluding carboxylic acids is 2. The Hall–Kier alpha value is -1.60. The Bertz CT molecular complexity index is 486. The standard InChI is InChI=1S/C15H22N4O2S/c1-2-7-19-14(21)12(13(20)17-15(19)22)11-16-6-10-18-8-4-3-5-9-18/h2,11-12H,1,3-10H2,(H,17,20,22)/t12-/m0/s1. The lowest BCUT2D eigenvalue weighted by molar-refractivity contribution is -0.137. The minimum atomic E-state index is -0.895. The maximum absolute atomic E-state index is 12.3. The first-order valence-electron chi connectivity index (χ1n) is 7.63. The van der Waals surface area contributed by atoms with Gasteiger partial charge in [0.15, 0.2) is 11.0 Å². The summed E-state index contributed by atoms with van der Waals surface area (Å²) in [6.45, 7) is 7.57. The summed E-state index contributed by atoms with van der Waals surface area (Å²) in [5.74, 6) is -1.64. The molecule has 0 aromatic heterocycles. The Morgan fingerprint density at radius 1 is 1.32 bits per heavy atom. The van der Waals surface area contributed by atoms with Crippen LogP contribution in [0.5, 0.6) is 0 Å². The second-order valence-corrected chi connectivity index (χ2v) is 5.85. The molecule has 6 nitrogen and oxygen atoms in total. The van der Waals surface area contributed by atoms with Crippen molar-refractivity contribution in [3.05, 3.63) is 12.7 Å². The van der Waals surface area contributed by atoms with Crippen molar-refractivity contribution in [1.82, 2.24) is 15.1 Å². The molecule has 2 saturated heterocycles. The molecule has 120 valence electrons. The molecule has 2 fully saturated rings. The molecule has 7 heteroatoms. The summed E-state index contributed by atoms with van der Waals surface area (Å²) in [6, 6.07) is 0. The number of piperidine rings is 1. The number of amides is 2. The number of carbonyl (C=O) groups is 2. The maximum atomic E-state index is 12.3. The SMILES string of the molecule is C=CCN1C(=O)[C@@H](C=NCCN2CCCCC2)C(=O)NC1=S. The zero-order valence-corrected chi connectivity index (χ0v) is 13.5. The summed E-state index contributed by atoms with van der Waals surface area (Å²) < 4.78 is 0. The second-order valence-electron chi connectivity index (χ2n) is 5.47. The largest absolute Gasteiger partial charge is 0.302 e. The van der Waals surface area contributed by atoms with Gasteiger partial charge in [-0.05, 0) is 38.1 Å². The summed E-state index contributed by atoms with van der Waals surface area (Å²) in [4.78, 5) is 32.1. The highest BCUT2D eigenvalue weighted by Crippen LogP contribution is 2.10. The zero-order chi connectivity index (χ0) is 15.9. The van der Waals surface area contributed by atoms with E-state index < -0.39 is 11.8 Å². The summed E-state index contributed by atoms with van der Waals surface area (Å²) in [6.07, 6.45) is 6.80. The Balaban J connectivity index is 1.87. The van der Waals surface area contributed by atoms with Crippen molar-refractivity contribution in [2.45, 2.75) is 19.3 Å². The van der Waals surface area contributed by atoms with Gasteiger partial charge in [0.05, 0.1) is 6.54 Å². The van der Waals surface area contributed by atoms with Crippen LogP contribution in [-0.4, -0.2) is 65.7 Å². The van der Waals surface area contributed by atoms with Crippen LogP contribution in [0.25, 0.3) is 0 Å². The summed E-state index contributed by atoms with van der Waals surface area (Å²) in [5.41, 5.74) is 0. The van der Waals surface area contributed by atoms with Gasteiger partial charge >= 0.3 is 0 Å². The Labute approximate surface area is 136 Å². The molecule has 2 heterocycles. The predicted octanol–water partition coefficient (Wildman–Crippen LogP) is 0.589. The van der Waals surface area contributed by atoms with Gasteiger partial charge in [-0.2, -0.15) is 0 Å². The number of thiocarbonyl (C=S) groups is 1. The van der Waals surface area contributed by atoms with Crippen molar-refractivity contribution in [2.24, 2.45) is 10.9 Å². The van der Waals surface area contributed by atoms with E-state index in [4.69, 9.17) is 12.2 Å². The van der Waals surface area contributed by atoms with Gasteiger partial charge in [0.25, 0.3) is 0 Å². The van der Waals surface area contributed by atoms with Gasteiger partial charge in [-0.25, -0.2) is 0 Å². The second kappa shape index (κ2) is 8.14. The quantitative estimate of drug-likeness (QED) is 0.336. The van der Waals surface area contributed by atoms with E-state index in [0.29, 0.717) is 6.54 Å². The first-order valence-corrected chi connectivity index (χ1v) is 8.03. The number of likely N-dealkylation sites (tertiary alicyclic amines) is 1. The number of aliphatic imine (C=N–C) groups is 1. The van der Waals surface area contributed by atoms with Gasteiger partial charge < -0.3 is 10.2 Å².